The topological polar surface area (TPSA) is 92.1 Å². The van der Waals surface area contributed by atoms with E-state index in [1.807, 2.05) is 31.2 Å². The van der Waals surface area contributed by atoms with Crippen molar-refractivity contribution in [3.8, 4) is 0 Å². The first kappa shape index (κ1) is 14.4. The van der Waals surface area contributed by atoms with Crippen molar-refractivity contribution in [2.75, 3.05) is 4.90 Å². The van der Waals surface area contributed by atoms with Crippen LogP contribution in [0.25, 0.3) is 10.9 Å². The predicted octanol–water partition coefficient (Wildman–Crippen LogP) is 3.06. The van der Waals surface area contributed by atoms with Gasteiger partial charge in [-0.3, -0.25) is 20.0 Å². The number of nitro groups is 1. The molecule has 0 spiro atoms. The van der Waals surface area contributed by atoms with Crippen LogP contribution in [-0.2, 0) is 6.42 Å². The summed E-state index contributed by atoms with van der Waals surface area (Å²) in [5, 5.41) is 18.3. The lowest BCUT2D eigenvalue weighted by atomic mass is 10.1. The molecule has 1 amide bonds. The molecule has 1 N–H and O–H groups in total. The molecule has 1 aliphatic rings. The van der Waals surface area contributed by atoms with Gasteiger partial charge in [0.2, 0.25) is 0 Å². The first-order chi connectivity index (χ1) is 11.6. The summed E-state index contributed by atoms with van der Waals surface area (Å²) < 4.78 is 0. The van der Waals surface area contributed by atoms with Crippen molar-refractivity contribution in [1.82, 2.24) is 10.2 Å². The average molecular weight is 322 g/mol. The highest BCUT2D eigenvalue weighted by atomic mass is 16.6. The molecule has 0 saturated heterocycles. The van der Waals surface area contributed by atoms with Crippen molar-refractivity contribution in [2.24, 2.45) is 0 Å². The van der Waals surface area contributed by atoms with Crippen LogP contribution >= 0.6 is 0 Å². The number of amides is 1. The quantitative estimate of drug-likeness (QED) is 0.579. The minimum absolute atomic E-state index is 0.0142. The van der Waals surface area contributed by atoms with E-state index >= 15 is 0 Å². The second-order valence-corrected chi connectivity index (χ2v) is 5.92. The lowest BCUT2D eigenvalue weighted by Gasteiger charge is -2.21. The number of benzene rings is 2. The molecule has 0 fully saturated rings. The molecule has 3 aromatic rings. The molecule has 0 radical (unpaired) electrons. The van der Waals surface area contributed by atoms with Crippen LogP contribution in [0.5, 0.6) is 0 Å². The maximum Gasteiger partial charge on any atom is 0.279 e. The van der Waals surface area contributed by atoms with E-state index in [0.717, 1.165) is 17.7 Å². The van der Waals surface area contributed by atoms with Gasteiger partial charge < -0.3 is 4.90 Å². The van der Waals surface area contributed by atoms with Crippen LogP contribution in [-0.4, -0.2) is 27.1 Å². The Morgan fingerprint density at radius 2 is 2.12 bits per heavy atom. The van der Waals surface area contributed by atoms with Gasteiger partial charge in [0.25, 0.3) is 11.6 Å². The van der Waals surface area contributed by atoms with Gasteiger partial charge in [0.15, 0.2) is 5.69 Å². The number of carbonyl (C=O) groups is 1. The van der Waals surface area contributed by atoms with E-state index in [2.05, 4.69) is 10.2 Å². The zero-order valence-electron chi connectivity index (χ0n) is 12.9. The second kappa shape index (κ2) is 5.16. The number of carbonyl (C=O) groups excluding carboxylic acids is 1. The molecule has 0 saturated carbocycles. The zero-order chi connectivity index (χ0) is 16.8. The third-order valence-electron chi connectivity index (χ3n) is 4.39. The SMILES string of the molecule is C[C@@H]1Cc2ccccc2N1C(=O)c1n[nH]c2ccc([N+](=O)[O-])cc12. The Morgan fingerprint density at radius 1 is 1.33 bits per heavy atom. The van der Waals surface area contributed by atoms with Crippen LogP contribution in [0.1, 0.15) is 23.0 Å². The highest BCUT2D eigenvalue weighted by Gasteiger charge is 2.33. The number of aromatic nitrogens is 2. The lowest BCUT2D eigenvalue weighted by Crippen LogP contribution is -2.36. The fraction of sp³-hybridized carbons (Fsp3) is 0.176. The van der Waals surface area contributed by atoms with Crippen molar-refractivity contribution in [3.63, 3.8) is 0 Å². The molecule has 0 unspecified atom stereocenters. The van der Waals surface area contributed by atoms with E-state index in [4.69, 9.17) is 0 Å². The third kappa shape index (κ3) is 2.05. The molecule has 1 aliphatic heterocycles. The summed E-state index contributed by atoms with van der Waals surface area (Å²) >= 11 is 0. The Kier molecular flexibility index (Phi) is 3.09. The van der Waals surface area contributed by atoms with Gasteiger partial charge in [-0.25, -0.2) is 0 Å². The smallest absolute Gasteiger partial charge is 0.279 e. The standard InChI is InChI=1S/C17H14N4O3/c1-10-8-11-4-2-3-5-15(11)20(10)17(22)16-13-9-12(21(23)24)6-7-14(13)18-19-16/h2-7,9-10H,8H2,1H3,(H,18,19)/t10-/m1/s1. The number of nitrogens with one attached hydrogen (secondary N) is 1. The molecule has 1 aromatic heterocycles. The number of anilines is 1. The molecule has 120 valence electrons. The molecule has 2 aromatic carbocycles. The average Bonchev–Trinajstić information content (AvgIpc) is 3.13. The number of fused-ring (bicyclic) bond motifs is 2. The van der Waals surface area contributed by atoms with Crippen molar-refractivity contribution >= 4 is 28.2 Å². The van der Waals surface area contributed by atoms with Gasteiger partial charge in [0.05, 0.1) is 10.4 Å². The summed E-state index contributed by atoms with van der Waals surface area (Å²) in [5.41, 5.74) is 2.73. The Hall–Kier alpha value is -3.22. The molecule has 24 heavy (non-hydrogen) atoms. The molecule has 0 bridgehead atoms. The van der Waals surface area contributed by atoms with Crippen LogP contribution in [0.4, 0.5) is 11.4 Å². The van der Waals surface area contributed by atoms with Gasteiger partial charge >= 0.3 is 0 Å². The van der Waals surface area contributed by atoms with Gasteiger partial charge in [-0.2, -0.15) is 5.10 Å². The summed E-state index contributed by atoms with van der Waals surface area (Å²) in [4.78, 5) is 25.3. The van der Waals surface area contributed by atoms with E-state index in [-0.39, 0.29) is 23.3 Å². The largest absolute Gasteiger partial charge is 0.304 e. The highest BCUT2D eigenvalue weighted by molar-refractivity contribution is 6.13. The molecular formula is C17H14N4O3. The van der Waals surface area contributed by atoms with Crippen molar-refractivity contribution < 1.29 is 9.72 Å². The molecule has 7 heteroatoms. The number of para-hydroxylation sites is 1. The summed E-state index contributed by atoms with van der Waals surface area (Å²) in [6.45, 7) is 1.98. The van der Waals surface area contributed by atoms with E-state index in [1.165, 1.54) is 12.1 Å². The lowest BCUT2D eigenvalue weighted by molar-refractivity contribution is -0.384. The molecule has 1 atom stereocenters. The number of rotatable bonds is 2. The Labute approximate surface area is 137 Å². The van der Waals surface area contributed by atoms with E-state index in [1.54, 1.807) is 11.0 Å². The van der Waals surface area contributed by atoms with E-state index in [9.17, 15) is 14.9 Å². The number of hydrogen-bond donors (Lipinski definition) is 1. The summed E-state index contributed by atoms with van der Waals surface area (Å²) in [6, 6.07) is 12.1. The fourth-order valence-electron chi connectivity index (χ4n) is 3.27. The highest BCUT2D eigenvalue weighted by Crippen LogP contribution is 2.34. The maximum absolute atomic E-state index is 13.0. The number of aromatic amines is 1. The summed E-state index contributed by atoms with van der Waals surface area (Å²) in [6.07, 6.45) is 0.782. The van der Waals surface area contributed by atoms with Crippen LogP contribution < -0.4 is 4.90 Å². The fourth-order valence-corrected chi connectivity index (χ4v) is 3.27. The maximum atomic E-state index is 13.0. The monoisotopic (exact) mass is 322 g/mol. The molecule has 7 nitrogen and oxygen atoms in total. The molecule has 4 rings (SSSR count). The van der Waals surface area contributed by atoms with Gasteiger partial charge in [-0.1, -0.05) is 18.2 Å². The van der Waals surface area contributed by atoms with Crippen LogP contribution in [0, 0.1) is 10.1 Å². The number of H-pyrrole nitrogens is 1. The number of hydrogen-bond acceptors (Lipinski definition) is 4. The van der Waals surface area contributed by atoms with E-state index in [0.29, 0.717) is 10.9 Å². The van der Waals surface area contributed by atoms with Gasteiger partial charge in [0, 0.05) is 29.2 Å². The Morgan fingerprint density at radius 3 is 2.92 bits per heavy atom. The second-order valence-electron chi connectivity index (χ2n) is 5.92. The Balaban J connectivity index is 1.82. The van der Waals surface area contributed by atoms with Crippen molar-refractivity contribution in [1.29, 1.82) is 0 Å². The van der Waals surface area contributed by atoms with Crippen molar-refractivity contribution in [2.45, 2.75) is 19.4 Å². The van der Waals surface area contributed by atoms with Crippen LogP contribution in [0.15, 0.2) is 42.5 Å². The number of nitrogens with zero attached hydrogens (tertiary/aromatic N) is 3. The van der Waals surface area contributed by atoms with Crippen LogP contribution in [0.2, 0.25) is 0 Å². The van der Waals surface area contributed by atoms with Gasteiger partial charge in [-0.05, 0) is 31.0 Å². The normalized spacial score (nSPS) is 16.4. The molecule has 0 aliphatic carbocycles. The predicted molar refractivity (Wildman–Crippen MR) is 89.2 cm³/mol. The first-order valence-electron chi connectivity index (χ1n) is 7.60. The number of nitro benzene ring substituents is 1. The van der Waals surface area contributed by atoms with Crippen LogP contribution in [0.3, 0.4) is 0 Å². The minimum Gasteiger partial charge on any atom is -0.304 e. The number of non-ortho nitro benzene ring substituents is 1. The van der Waals surface area contributed by atoms with E-state index < -0.39 is 4.92 Å². The summed E-state index contributed by atoms with van der Waals surface area (Å²) in [5.74, 6) is -0.251. The Bertz CT molecular complexity index is 979. The molecule has 2 heterocycles. The molecular weight excluding hydrogens is 308 g/mol. The van der Waals surface area contributed by atoms with Crippen molar-refractivity contribution in [3.05, 3.63) is 63.8 Å². The third-order valence-corrected chi connectivity index (χ3v) is 4.39. The first-order valence-corrected chi connectivity index (χ1v) is 7.60. The summed E-state index contributed by atoms with van der Waals surface area (Å²) in [7, 11) is 0. The van der Waals surface area contributed by atoms with Gasteiger partial charge in [0.1, 0.15) is 0 Å². The zero-order valence-corrected chi connectivity index (χ0v) is 12.9. The van der Waals surface area contributed by atoms with Gasteiger partial charge in [-0.15, -0.1) is 0 Å². The minimum atomic E-state index is -0.478.